The van der Waals surface area contributed by atoms with E-state index in [1.165, 1.54) is 0 Å². The quantitative estimate of drug-likeness (QED) is 0.665. The predicted molar refractivity (Wildman–Crippen MR) is 56.3 cm³/mol. The summed E-state index contributed by atoms with van der Waals surface area (Å²) >= 11 is 0. The van der Waals surface area contributed by atoms with Crippen LogP contribution in [0.3, 0.4) is 0 Å². The molecule has 0 radical (unpaired) electrons. The zero-order valence-electron chi connectivity index (χ0n) is 9.38. The molecular weight excluding hydrogens is 180 g/mol. The SMILES string of the molecule is COCC(N)CNC1(C)CCOC1C. The highest BCUT2D eigenvalue weighted by Crippen LogP contribution is 2.24. The number of hydrogen-bond acceptors (Lipinski definition) is 4. The average Bonchev–Trinajstić information content (AvgIpc) is 2.46. The van der Waals surface area contributed by atoms with Gasteiger partial charge in [0.25, 0.3) is 0 Å². The summed E-state index contributed by atoms with van der Waals surface area (Å²) < 4.78 is 10.5. The van der Waals surface area contributed by atoms with Crippen molar-refractivity contribution < 1.29 is 9.47 Å². The molecule has 3 atom stereocenters. The lowest BCUT2D eigenvalue weighted by Gasteiger charge is -2.30. The molecule has 0 amide bonds. The standard InChI is InChI=1S/C10H22N2O2/c1-8-10(2,4-5-14-8)12-6-9(11)7-13-3/h8-9,12H,4-7,11H2,1-3H3. The Morgan fingerprint density at radius 2 is 2.43 bits per heavy atom. The van der Waals surface area contributed by atoms with E-state index in [0.29, 0.717) is 6.61 Å². The molecule has 0 bridgehead atoms. The van der Waals surface area contributed by atoms with Crippen LogP contribution in [0.4, 0.5) is 0 Å². The highest BCUT2D eigenvalue weighted by molar-refractivity contribution is 4.94. The van der Waals surface area contributed by atoms with Crippen LogP contribution in [0.5, 0.6) is 0 Å². The van der Waals surface area contributed by atoms with Crippen molar-refractivity contribution >= 4 is 0 Å². The van der Waals surface area contributed by atoms with Gasteiger partial charge < -0.3 is 20.5 Å². The van der Waals surface area contributed by atoms with Crippen molar-refractivity contribution in [3.63, 3.8) is 0 Å². The average molecular weight is 202 g/mol. The van der Waals surface area contributed by atoms with Gasteiger partial charge in [0, 0.05) is 31.8 Å². The van der Waals surface area contributed by atoms with Gasteiger partial charge in [-0.15, -0.1) is 0 Å². The summed E-state index contributed by atoms with van der Waals surface area (Å²) in [6.07, 6.45) is 1.31. The van der Waals surface area contributed by atoms with E-state index in [1.54, 1.807) is 7.11 Å². The monoisotopic (exact) mass is 202 g/mol. The Kier molecular flexibility index (Phi) is 4.31. The van der Waals surface area contributed by atoms with E-state index in [1.807, 2.05) is 0 Å². The molecule has 14 heavy (non-hydrogen) atoms. The van der Waals surface area contributed by atoms with Gasteiger partial charge in [0.1, 0.15) is 0 Å². The first-order valence-electron chi connectivity index (χ1n) is 5.19. The fourth-order valence-electron chi connectivity index (χ4n) is 1.70. The molecule has 3 unspecified atom stereocenters. The summed E-state index contributed by atoms with van der Waals surface area (Å²) in [7, 11) is 1.67. The summed E-state index contributed by atoms with van der Waals surface area (Å²) in [6.45, 7) is 6.49. The number of methoxy groups -OCH3 is 1. The maximum atomic E-state index is 5.84. The van der Waals surface area contributed by atoms with Gasteiger partial charge >= 0.3 is 0 Å². The van der Waals surface area contributed by atoms with Gasteiger partial charge in [-0.25, -0.2) is 0 Å². The highest BCUT2D eigenvalue weighted by atomic mass is 16.5. The Hall–Kier alpha value is -0.160. The molecule has 0 aromatic heterocycles. The first-order chi connectivity index (χ1) is 6.58. The summed E-state index contributed by atoms with van der Waals surface area (Å²) in [6, 6.07) is 0.0598. The van der Waals surface area contributed by atoms with Crippen LogP contribution in [0.25, 0.3) is 0 Å². The zero-order valence-corrected chi connectivity index (χ0v) is 9.38. The third-order valence-electron chi connectivity index (χ3n) is 3.04. The molecule has 1 saturated heterocycles. The molecular formula is C10H22N2O2. The van der Waals surface area contributed by atoms with Gasteiger partial charge in [-0.1, -0.05) is 0 Å². The van der Waals surface area contributed by atoms with Gasteiger partial charge in [-0.3, -0.25) is 0 Å². The number of hydrogen-bond donors (Lipinski definition) is 2. The van der Waals surface area contributed by atoms with E-state index >= 15 is 0 Å². The van der Waals surface area contributed by atoms with Crippen molar-refractivity contribution in [1.82, 2.24) is 5.32 Å². The highest BCUT2D eigenvalue weighted by Gasteiger charge is 2.36. The van der Waals surface area contributed by atoms with Crippen molar-refractivity contribution in [2.75, 3.05) is 26.9 Å². The van der Waals surface area contributed by atoms with E-state index in [9.17, 15) is 0 Å². The molecule has 1 rings (SSSR count). The topological polar surface area (TPSA) is 56.5 Å². The summed E-state index contributed by atoms with van der Waals surface area (Å²) in [4.78, 5) is 0. The van der Waals surface area contributed by atoms with Crippen molar-refractivity contribution in [3.05, 3.63) is 0 Å². The molecule has 1 fully saturated rings. The molecule has 1 heterocycles. The Morgan fingerprint density at radius 3 is 2.93 bits per heavy atom. The molecule has 4 nitrogen and oxygen atoms in total. The van der Waals surface area contributed by atoms with Crippen molar-refractivity contribution in [3.8, 4) is 0 Å². The summed E-state index contributed by atoms with van der Waals surface area (Å²) in [5.74, 6) is 0. The fourth-order valence-corrected chi connectivity index (χ4v) is 1.70. The summed E-state index contributed by atoms with van der Waals surface area (Å²) in [5, 5.41) is 3.46. The van der Waals surface area contributed by atoms with Gasteiger partial charge in [-0.05, 0) is 20.3 Å². The lowest BCUT2D eigenvalue weighted by atomic mass is 9.94. The molecule has 0 saturated carbocycles. The Balaban J connectivity index is 2.29. The minimum atomic E-state index is 0.0598. The minimum absolute atomic E-state index is 0.0598. The van der Waals surface area contributed by atoms with Gasteiger partial charge in [0.15, 0.2) is 0 Å². The predicted octanol–water partition coefficient (Wildman–Crippen LogP) is 0.117. The normalized spacial score (nSPS) is 34.7. The Bertz CT molecular complexity index is 178. The molecule has 3 N–H and O–H groups in total. The van der Waals surface area contributed by atoms with Crippen LogP contribution in [0.2, 0.25) is 0 Å². The third kappa shape index (κ3) is 2.92. The zero-order chi connectivity index (χ0) is 10.6. The van der Waals surface area contributed by atoms with E-state index in [2.05, 4.69) is 19.2 Å². The molecule has 0 aromatic rings. The van der Waals surface area contributed by atoms with Crippen LogP contribution in [-0.2, 0) is 9.47 Å². The van der Waals surface area contributed by atoms with Crippen LogP contribution in [0, 0.1) is 0 Å². The Labute approximate surface area is 86.1 Å². The van der Waals surface area contributed by atoms with Crippen LogP contribution in [0.1, 0.15) is 20.3 Å². The maximum Gasteiger partial charge on any atom is 0.0726 e. The molecule has 0 aliphatic carbocycles. The third-order valence-corrected chi connectivity index (χ3v) is 3.04. The van der Waals surface area contributed by atoms with Crippen molar-refractivity contribution in [2.24, 2.45) is 5.73 Å². The van der Waals surface area contributed by atoms with Crippen LogP contribution in [-0.4, -0.2) is 44.6 Å². The Morgan fingerprint density at radius 1 is 1.71 bits per heavy atom. The van der Waals surface area contributed by atoms with Gasteiger partial charge in [0.2, 0.25) is 0 Å². The summed E-state index contributed by atoms with van der Waals surface area (Å²) in [5.41, 5.74) is 5.91. The van der Waals surface area contributed by atoms with E-state index in [0.717, 1.165) is 19.6 Å². The van der Waals surface area contributed by atoms with E-state index in [4.69, 9.17) is 15.2 Å². The van der Waals surface area contributed by atoms with Gasteiger partial charge in [0.05, 0.1) is 12.7 Å². The number of ether oxygens (including phenoxy) is 2. The largest absolute Gasteiger partial charge is 0.383 e. The second kappa shape index (κ2) is 5.07. The van der Waals surface area contributed by atoms with E-state index < -0.39 is 0 Å². The fraction of sp³-hybridized carbons (Fsp3) is 1.00. The molecule has 1 aliphatic rings. The lowest BCUT2D eigenvalue weighted by molar-refractivity contribution is 0.0863. The number of nitrogens with one attached hydrogen (secondary N) is 1. The molecule has 0 aromatic carbocycles. The van der Waals surface area contributed by atoms with Crippen LogP contribution < -0.4 is 11.1 Å². The van der Waals surface area contributed by atoms with Gasteiger partial charge in [-0.2, -0.15) is 0 Å². The van der Waals surface area contributed by atoms with Crippen LogP contribution >= 0.6 is 0 Å². The van der Waals surface area contributed by atoms with Crippen LogP contribution in [0.15, 0.2) is 0 Å². The number of rotatable bonds is 5. The second-order valence-corrected chi connectivity index (χ2v) is 4.28. The first kappa shape index (κ1) is 11.9. The first-order valence-corrected chi connectivity index (χ1v) is 5.19. The lowest BCUT2D eigenvalue weighted by Crippen LogP contribution is -2.52. The molecule has 84 valence electrons. The van der Waals surface area contributed by atoms with E-state index in [-0.39, 0.29) is 17.7 Å². The molecule has 4 heteroatoms. The molecule has 0 spiro atoms. The maximum absolute atomic E-state index is 5.84. The number of nitrogens with two attached hydrogens (primary N) is 1. The van der Waals surface area contributed by atoms with Crippen molar-refractivity contribution in [2.45, 2.75) is 38.0 Å². The van der Waals surface area contributed by atoms with Crippen molar-refractivity contribution in [1.29, 1.82) is 0 Å². The second-order valence-electron chi connectivity index (χ2n) is 4.28. The minimum Gasteiger partial charge on any atom is -0.383 e. The molecule has 1 aliphatic heterocycles. The smallest absolute Gasteiger partial charge is 0.0726 e.